The Morgan fingerprint density at radius 1 is 1.19 bits per heavy atom. The molecule has 0 bridgehead atoms. The first-order valence-corrected chi connectivity index (χ1v) is 5.06. The molecule has 2 N–H and O–H groups in total. The summed E-state index contributed by atoms with van der Waals surface area (Å²) >= 11 is 0. The second kappa shape index (κ2) is 3.93. The van der Waals surface area contributed by atoms with Gasteiger partial charge in [0, 0.05) is 11.8 Å². The molecule has 0 saturated carbocycles. The van der Waals surface area contributed by atoms with Crippen LogP contribution in [0, 0.1) is 19.7 Å². The molecule has 1 aromatic carbocycles. The van der Waals surface area contributed by atoms with Crippen LogP contribution in [-0.4, -0.2) is 4.98 Å². The quantitative estimate of drug-likeness (QED) is 0.795. The minimum absolute atomic E-state index is 0.206. The Labute approximate surface area is 93.9 Å². The third-order valence-electron chi connectivity index (χ3n) is 2.52. The molecule has 0 unspecified atom stereocenters. The predicted octanol–water partition coefficient (Wildman–Crippen LogP) is 3.09. The first-order valence-electron chi connectivity index (χ1n) is 5.06. The normalized spacial score (nSPS) is 10.4. The molecule has 0 aliphatic rings. The summed E-state index contributed by atoms with van der Waals surface area (Å²) in [5.41, 5.74) is 9.19. The van der Waals surface area contributed by atoms with E-state index in [1.54, 1.807) is 25.3 Å². The van der Waals surface area contributed by atoms with Crippen LogP contribution in [0.4, 0.5) is 10.2 Å². The van der Waals surface area contributed by atoms with Crippen LogP contribution in [0.5, 0.6) is 0 Å². The van der Waals surface area contributed by atoms with Crippen LogP contribution in [0.25, 0.3) is 11.1 Å². The van der Waals surface area contributed by atoms with Gasteiger partial charge >= 0.3 is 0 Å². The molecule has 3 heteroatoms. The van der Waals surface area contributed by atoms with Gasteiger partial charge in [-0.05, 0) is 48.7 Å². The fraction of sp³-hybridized carbons (Fsp3) is 0.154. The summed E-state index contributed by atoms with van der Waals surface area (Å²) in [6.07, 6.45) is 1.72. The van der Waals surface area contributed by atoms with E-state index in [4.69, 9.17) is 5.73 Å². The minimum Gasteiger partial charge on any atom is -0.383 e. The topological polar surface area (TPSA) is 38.9 Å². The number of hydrogen-bond acceptors (Lipinski definition) is 2. The third kappa shape index (κ3) is 1.89. The molecule has 0 radical (unpaired) electrons. The van der Waals surface area contributed by atoms with E-state index in [1.165, 1.54) is 6.07 Å². The van der Waals surface area contributed by atoms with Crippen LogP contribution in [0.2, 0.25) is 0 Å². The highest BCUT2D eigenvalue weighted by molar-refractivity contribution is 5.74. The lowest BCUT2D eigenvalue weighted by Crippen LogP contribution is -1.95. The van der Waals surface area contributed by atoms with E-state index in [1.807, 2.05) is 13.0 Å². The minimum atomic E-state index is -0.206. The number of rotatable bonds is 1. The average molecular weight is 216 g/mol. The Bertz CT molecular complexity index is 535. The summed E-state index contributed by atoms with van der Waals surface area (Å²) in [5, 5.41) is 0. The van der Waals surface area contributed by atoms with Gasteiger partial charge in [-0.25, -0.2) is 9.37 Å². The van der Waals surface area contributed by atoms with Gasteiger partial charge in [-0.15, -0.1) is 0 Å². The van der Waals surface area contributed by atoms with Crippen molar-refractivity contribution < 1.29 is 4.39 Å². The first-order chi connectivity index (χ1) is 7.58. The Kier molecular flexibility index (Phi) is 2.60. The van der Waals surface area contributed by atoms with Gasteiger partial charge < -0.3 is 5.73 Å². The molecule has 0 atom stereocenters. The van der Waals surface area contributed by atoms with Crippen molar-refractivity contribution in [1.29, 1.82) is 0 Å². The van der Waals surface area contributed by atoms with E-state index in [0.717, 1.165) is 16.7 Å². The number of hydrogen-bond donors (Lipinski definition) is 1. The maximum absolute atomic E-state index is 13.1. The summed E-state index contributed by atoms with van der Waals surface area (Å²) < 4.78 is 13.1. The first kappa shape index (κ1) is 10.6. The van der Waals surface area contributed by atoms with Crippen molar-refractivity contribution >= 4 is 5.82 Å². The van der Waals surface area contributed by atoms with Gasteiger partial charge in [-0.3, -0.25) is 0 Å². The lowest BCUT2D eigenvalue weighted by Gasteiger charge is -2.07. The average Bonchev–Trinajstić information content (AvgIpc) is 2.26. The van der Waals surface area contributed by atoms with E-state index in [-0.39, 0.29) is 5.82 Å². The van der Waals surface area contributed by atoms with Gasteiger partial charge in [0.25, 0.3) is 0 Å². The lowest BCUT2D eigenvalue weighted by atomic mass is 10.0. The molecular formula is C13H13FN2. The summed E-state index contributed by atoms with van der Waals surface area (Å²) in [5.74, 6) is 0.263. The maximum atomic E-state index is 13.1. The van der Waals surface area contributed by atoms with Crippen LogP contribution in [0.1, 0.15) is 11.1 Å². The van der Waals surface area contributed by atoms with Gasteiger partial charge in [0.1, 0.15) is 11.6 Å². The number of aryl methyl sites for hydroxylation is 2. The second-order valence-corrected chi connectivity index (χ2v) is 3.91. The molecule has 0 saturated heterocycles. The predicted molar refractivity (Wildman–Crippen MR) is 63.5 cm³/mol. The molecule has 0 aliphatic heterocycles. The highest BCUT2D eigenvalue weighted by Crippen LogP contribution is 2.26. The summed E-state index contributed by atoms with van der Waals surface area (Å²) in [7, 11) is 0. The number of aromatic nitrogens is 1. The van der Waals surface area contributed by atoms with E-state index >= 15 is 0 Å². The smallest absolute Gasteiger partial charge is 0.131 e. The fourth-order valence-electron chi connectivity index (χ4n) is 1.62. The largest absolute Gasteiger partial charge is 0.383 e. The number of nitrogens with zero attached hydrogens (tertiary/aromatic N) is 1. The molecule has 0 fully saturated rings. The number of halogens is 1. The van der Waals surface area contributed by atoms with Gasteiger partial charge in [0.05, 0.1) is 0 Å². The molecule has 0 aliphatic carbocycles. The second-order valence-electron chi connectivity index (χ2n) is 3.91. The highest BCUT2D eigenvalue weighted by atomic mass is 19.1. The summed E-state index contributed by atoms with van der Waals surface area (Å²) in [6.45, 7) is 3.69. The monoisotopic (exact) mass is 216 g/mol. The number of nitrogen functional groups attached to an aromatic ring is 1. The molecule has 0 spiro atoms. The third-order valence-corrected chi connectivity index (χ3v) is 2.52. The van der Waals surface area contributed by atoms with E-state index in [9.17, 15) is 4.39 Å². The molecule has 16 heavy (non-hydrogen) atoms. The fourth-order valence-corrected chi connectivity index (χ4v) is 1.62. The van der Waals surface area contributed by atoms with Gasteiger partial charge in [0.2, 0.25) is 0 Å². The molecular weight excluding hydrogens is 203 g/mol. The van der Waals surface area contributed by atoms with Crippen LogP contribution >= 0.6 is 0 Å². The van der Waals surface area contributed by atoms with Crippen molar-refractivity contribution in [2.45, 2.75) is 13.8 Å². The van der Waals surface area contributed by atoms with Crippen molar-refractivity contribution in [2.75, 3.05) is 5.73 Å². The zero-order valence-electron chi connectivity index (χ0n) is 9.29. The van der Waals surface area contributed by atoms with Crippen LogP contribution < -0.4 is 5.73 Å². The zero-order valence-corrected chi connectivity index (χ0v) is 9.29. The Morgan fingerprint density at radius 2 is 1.94 bits per heavy atom. The SMILES string of the molecule is Cc1cnc(N)c(-c2ccc(F)c(C)c2)c1. The van der Waals surface area contributed by atoms with Crippen molar-refractivity contribution in [3.05, 3.63) is 47.4 Å². The van der Waals surface area contributed by atoms with Gasteiger partial charge in [0.15, 0.2) is 0 Å². The van der Waals surface area contributed by atoms with Crippen LogP contribution in [-0.2, 0) is 0 Å². The number of anilines is 1. The molecule has 2 nitrogen and oxygen atoms in total. The highest BCUT2D eigenvalue weighted by Gasteiger charge is 2.06. The van der Waals surface area contributed by atoms with Crippen LogP contribution in [0.3, 0.4) is 0 Å². The molecule has 2 aromatic rings. The maximum Gasteiger partial charge on any atom is 0.131 e. The molecule has 82 valence electrons. The number of benzene rings is 1. The Balaban J connectivity index is 2.58. The molecule has 1 aromatic heterocycles. The van der Waals surface area contributed by atoms with E-state index < -0.39 is 0 Å². The number of nitrogens with two attached hydrogens (primary N) is 1. The van der Waals surface area contributed by atoms with Crippen LogP contribution in [0.15, 0.2) is 30.5 Å². The van der Waals surface area contributed by atoms with Crippen molar-refractivity contribution in [1.82, 2.24) is 4.98 Å². The lowest BCUT2D eigenvalue weighted by molar-refractivity contribution is 0.619. The molecule has 2 rings (SSSR count). The Morgan fingerprint density at radius 3 is 2.62 bits per heavy atom. The summed E-state index contributed by atoms with van der Waals surface area (Å²) in [6, 6.07) is 6.90. The van der Waals surface area contributed by atoms with Gasteiger partial charge in [-0.2, -0.15) is 0 Å². The molecule has 0 amide bonds. The molecule has 1 heterocycles. The summed E-state index contributed by atoms with van der Waals surface area (Å²) in [4.78, 5) is 4.09. The van der Waals surface area contributed by atoms with Gasteiger partial charge in [-0.1, -0.05) is 6.07 Å². The number of pyridine rings is 1. The van der Waals surface area contributed by atoms with Crippen molar-refractivity contribution in [3.63, 3.8) is 0 Å². The zero-order chi connectivity index (χ0) is 11.7. The van der Waals surface area contributed by atoms with E-state index in [0.29, 0.717) is 11.4 Å². The Hall–Kier alpha value is -1.90. The standard InChI is InChI=1S/C13H13FN2/c1-8-5-11(13(15)16-7-8)10-3-4-12(14)9(2)6-10/h3-7H,1-2H3,(H2,15,16). The van der Waals surface area contributed by atoms with Crippen molar-refractivity contribution in [3.8, 4) is 11.1 Å². The van der Waals surface area contributed by atoms with Crippen molar-refractivity contribution in [2.24, 2.45) is 0 Å². The van der Waals surface area contributed by atoms with E-state index in [2.05, 4.69) is 4.98 Å².